The second-order valence-corrected chi connectivity index (χ2v) is 5.31. The first-order chi connectivity index (χ1) is 9.63. The van der Waals surface area contributed by atoms with Gasteiger partial charge in [-0.25, -0.2) is 0 Å². The smallest absolute Gasteiger partial charge is 0.305 e. The Hall–Kier alpha value is -1.35. The van der Waals surface area contributed by atoms with Gasteiger partial charge in [0.1, 0.15) is 0 Å². The Morgan fingerprint density at radius 2 is 1.90 bits per heavy atom. The first-order valence-corrected chi connectivity index (χ1v) is 7.57. The molecule has 0 bridgehead atoms. The summed E-state index contributed by atoms with van der Waals surface area (Å²) < 4.78 is 4.94. The van der Waals surface area contributed by atoms with Gasteiger partial charge in [0.25, 0.3) is 0 Å². The van der Waals surface area contributed by atoms with Gasteiger partial charge in [-0.15, -0.1) is 0 Å². The van der Waals surface area contributed by atoms with Gasteiger partial charge in [0.05, 0.1) is 6.61 Å². The maximum absolute atomic E-state index is 11.3. The zero-order valence-electron chi connectivity index (χ0n) is 13.0. The first kappa shape index (κ1) is 16.7. The molecular weight excluding hydrogens is 250 g/mol. The summed E-state index contributed by atoms with van der Waals surface area (Å²) in [6.07, 6.45) is 2.46. The van der Waals surface area contributed by atoms with E-state index in [2.05, 4.69) is 43.0 Å². The average molecular weight is 277 g/mol. The van der Waals surface area contributed by atoms with E-state index in [0.717, 1.165) is 25.9 Å². The number of benzene rings is 1. The summed E-state index contributed by atoms with van der Waals surface area (Å²) in [5.74, 6) is -0.0772. The molecule has 0 radical (unpaired) electrons. The van der Waals surface area contributed by atoms with Crippen molar-refractivity contribution in [2.45, 2.75) is 52.6 Å². The summed E-state index contributed by atoms with van der Waals surface area (Å²) in [6, 6.07) is 11.0. The number of carbonyl (C=O) groups is 1. The van der Waals surface area contributed by atoms with Gasteiger partial charge >= 0.3 is 5.97 Å². The Labute approximate surface area is 122 Å². The molecule has 0 spiro atoms. The number of unbranched alkanes of at least 4 members (excludes halogenated alkanes) is 1. The molecule has 0 heterocycles. The maximum atomic E-state index is 11.3. The SMILES string of the molecule is CCOC(=O)CCCCN(Cc1ccccc1)C(C)C. The molecule has 0 amide bonds. The molecular formula is C17H27NO2. The van der Waals surface area contributed by atoms with Gasteiger partial charge in [0.2, 0.25) is 0 Å². The van der Waals surface area contributed by atoms with Gasteiger partial charge in [-0.05, 0) is 45.7 Å². The quantitative estimate of drug-likeness (QED) is 0.510. The molecule has 1 aromatic carbocycles. The van der Waals surface area contributed by atoms with Crippen molar-refractivity contribution in [3.05, 3.63) is 35.9 Å². The van der Waals surface area contributed by atoms with E-state index in [1.807, 2.05) is 13.0 Å². The zero-order chi connectivity index (χ0) is 14.8. The highest BCUT2D eigenvalue weighted by Gasteiger charge is 2.10. The lowest BCUT2D eigenvalue weighted by atomic mass is 10.1. The second-order valence-electron chi connectivity index (χ2n) is 5.31. The Balaban J connectivity index is 2.31. The van der Waals surface area contributed by atoms with Crippen LogP contribution in [0.25, 0.3) is 0 Å². The highest BCUT2D eigenvalue weighted by Crippen LogP contribution is 2.10. The fraction of sp³-hybridized carbons (Fsp3) is 0.588. The Kier molecular flexibility index (Phi) is 7.97. The number of esters is 1. The van der Waals surface area contributed by atoms with Gasteiger partial charge in [0.15, 0.2) is 0 Å². The zero-order valence-corrected chi connectivity index (χ0v) is 13.0. The van der Waals surface area contributed by atoms with Crippen LogP contribution >= 0.6 is 0 Å². The van der Waals surface area contributed by atoms with Crippen LogP contribution in [0.4, 0.5) is 0 Å². The van der Waals surface area contributed by atoms with Crippen LogP contribution in [0.5, 0.6) is 0 Å². The third-order valence-corrected chi connectivity index (χ3v) is 3.34. The minimum Gasteiger partial charge on any atom is -0.466 e. The van der Waals surface area contributed by atoms with E-state index in [4.69, 9.17) is 4.74 Å². The number of rotatable bonds is 9. The molecule has 0 N–H and O–H groups in total. The number of nitrogens with zero attached hydrogens (tertiary/aromatic N) is 1. The molecule has 0 saturated heterocycles. The molecule has 112 valence electrons. The van der Waals surface area contributed by atoms with Gasteiger partial charge in [-0.2, -0.15) is 0 Å². The van der Waals surface area contributed by atoms with Crippen LogP contribution < -0.4 is 0 Å². The van der Waals surface area contributed by atoms with Crippen LogP contribution in [-0.2, 0) is 16.1 Å². The van der Waals surface area contributed by atoms with Crippen molar-refractivity contribution in [2.24, 2.45) is 0 Å². The molecule has 0 fully saturated rings. The molecule has 3 heteroatoms. The first-order valence-electron chi connectivity index (χ1n) is 7.57. The molecule has 0 aliphatic rings. The summed E-state index contributed by atoms with van der Waals surface area (Å²) in [4.78, 5) is 13.7. The summed E-state index contributed by atoms with van der Waals surface area (Å²) in [5.41, 5.74) is 1.34. The van der Waals surface area contributed by atoms with Crippen molar-refractivity contribution < 1.29 is 9.53 Å². The van der Waals surface area contributed by atoms with E-state index in [9.17, 15) is 4.79 Å². The van der Waals surface area contributed by atoms with Gasteiger partial charge in [-0.1, -0.05) is 30.3 Å². The van der Waals surface area contributed by atoms with E-state index < -0.39 is 0 Å². The summed E-state index contributed by atoms with van der Waals surface area (Å²) >= 11 is 0. The number of carbonyl (C=O) groups excluding carboxylic acids is 1. The van der Waals surface area contributed by atoms with Crippen LogP contribution in [0.15, 0.2) is 30.3 Å². The maximum Gasteiger partial charge on any atom is 0.305 e. The van der Waals surface area contributed by atoms with Gasteiger partial charge in [-0.3, -0.25) is 9.69 Å². The van der Waals surface area contributed by atoms with Crippen LogP contribution in [0.1, 0.15) is 45.6 Å². The van der Waals surface area contributed by atoms with Crippen LogP contribution in [0, 0.1) is 0 Å². The summed E-state index contributed by atoms with van der Waals surface area (Å²) in [7, 11) is 0. The standard InChI is InChI=1S/C17H27NO2/c1-4-20-17(19)12-8-9-13-18(15(2)3)14-16-10-6-5-7-11-16/h5-7,10-11,15H,4,8-9,12-14H2,1-3H3. The second kappa shape index (κ2) is 9.54. The van der Waals surface area contributed by atoms with Crippen molar-refractivity contribution >= 4 is 5.97 Å². The predicted molar refractivity (Wildman–Crippen MR) is 82.5 cm³/mol. The van der Waals surface area contributed by atoms with Crippen LogP contribution in [0.2, 0.25) is 0 Å². The number of ether oxygens (including phenoxy) is 1. The highest BCUT2D eigenvalue weighted by atomic mass is 16.5. The lowest BCUT2D eigenvalue weighted by molar-refractivity contribution is -0.143. The Morgan fingerprint density at radius 1 is 1.20 bits per heavy atom. The third kappa shape index (κ3) is 6.71. The topological polar surface area (TPSA) is 29.5 Å². The van der Waals surface area contributed by atoms with Crippen LogP contribution in [-0.4, -0.2) is 30.1 Å². The van der Waals surface area contributed by atoms with E-state index >= 15 is 0 Å². The normalized spacial score (nSPS) is 11.1. The summed E-state index contributed by atoms with van der Waals surface area (Å²) in [5, 5.41) is 0. The monoisotopic (exact) mass is 277 g/mol. The van der Waals surface area contributed by atoms with Crippen molar-refractivity contribution in [1.82, 2.24) is 4.90 Å². The van der Waals surface area contributed by atoms with E-state index in [1.165, 1.54) is 5.56 Å². The molecule has 3 nitrogen and oxygen atoms in total. The molecule has 20 heavy (non-hydrogen) atoms. The van der Waals surface area contributed by atoms with E-state index in [-0.39, 0.29) is 5.97 Å². The third-order valence-electron chi connectivity index (χ3n) is 3.34. The van der Waals surface area contributed by atoms with Gasteiger partial charge < -0.3 is 4.74 Å². The van der Waals surface area contributed by atoms with E-state index in [0.29, 0.717) is 19.1 Å². The molecule has 0 unspecified atom stereocenters. The summed E-state index contributed by atoms with van der Waals surface area (Å²) in [6.45, 7) is 8.75. The minimum atomic E-state index is -0.0772. The van der Waals surface area contributed by atoms with Crippen molar-refractivity contribution in [3.8, 4) is 0 Å². The minimum absolute atomic E-state index is 0.0772. The molecule has 0 atom stereocenters. The highest BCUT2D eigenvalue weighted by molar-refractivity contribution is 5.69. The number of hydrogen-bond acceptors (Lipinski definition) is 3. The lowest BCUT2D eigenvalue weighted by Gasteiger charge is -2.26. The fourth-order valence-corrected chi connectivity index (χ4v) is 2.16. The van der Waals surface area contributed by atoms with Gasteiger partial charge in [0, 0.05) is 19.0 Å². The molecule has 0 aliphatic carbocycles. The Morgan fingerprint density at radius 3 is 2.50 bits per heavy atom. The van der Waals surface area contributed by atoms with Crippen molar-refractivity contribution in [3.63, 3.8) is 0 Å². The average Bonchev–Trinajstić information content (AvgIpc) is 2.43. The van der Waals surface area contributed by atoms with Crippen molar-refractivity contribution in [1.29, 1.82) is 0 Å². The predicted octanol–water partition coefficient (Wildman–Crippen LogP) is 3.63. The largest absolute Gasteiger partial charge is 0.466 e. The Bertz CT molecular complexity index is 376. The fourth-order valence-electron chi connectivity index (χ4n) is 2.16. The molecule has 0 saturated carbocycles. The molecule has 0 aromatic heterocycles. The molecule has 1 aromatic rings. The van der Waals surface area contributed by atoms with E-state index in [1.54, 1.807) is 0 Å². The molecule has 0 aliphatic heterocycles. The molecule has 1 rings (SSSR count). The van der Waals surface area contributed by atoms with Crippen molar-refractivity contribution in [2.75, 3.05) is 13.2 Å². The lowest BCUT2D eigenvalue weighted by Crippen LogP contribution is -2.31. The number of hydrogen-bond donors (Lipinski definition) is 0. The van der Waals surface area contributed by atoms with Crippen LogP contribution in [0.3, 0.4) is 0 Å².